The van der Waals surface area contributed by atoms with Crippen molar-refractivity contribution in [2.75, 3.05) is 18.9 Å². The molecule has 6 nitrogen and oxygen atoms in total. The second-order valence-corrected chi connectivity index (χ2v) is 4.43. The van der Waals surface area contributed by atoms with E-state index in [-0.39, 0.29) is 25.0 Å². The van der Waals surface area contributed by atoms with Crippen molar-refractivity contribution in [2.45, 2.75) is 33.4 Å². The molecule has 0 heterocycles. The third kappa shape index (κ3) is 9.17. The van der Waals surface area contributed by atoms with Gasteiger partial charge < -0.3 is 21.1 Å². The number of rotatable bonds is 7. The normalized spacial score (nSPS) is 10.5. The molecule has 1 unspecified atom stereocenters. The average molecular weight is 319 g/mol. The highest BCUT2D eigenvalue weighted by molar-refractivity contribution is 5.86. The van der Waals surface area contributed by atoms with E-state index in [0.29, 0.717) is 12.2 Å². The third-order valence-corrected chi connectivity index (χ3v) is 2.61. The van der Waals surface area contributed by atoms with Crippen LogP contribution in [0.1, 0.15) is 26.3 Å². The first kappa shape index (κ1) is 20.5. The molecule has 0 aliphatic heterocycles. The largest absolute Gasteiger partial charge is 0.399 e. The molecule has 0 saturated carbocycles. The molecular weight excluding hydrogens is 294 g/mol. The highest BCUT2D eigenvalue weighted by Gasteiger charge is 2.19. The summed E-state index contributed by atoms with van der Waals surface area (Å²) in [5.41, 5.74) is 7.15. The minimum atomic E-state index is -0.773. The summed E-state index contributed by atoms with van der Waals surface area (Å²) in [7, 11) is 0. The zero-order chi connectivity index (χ0) is 17.7. The SMILES string of the molecule is C#CCOCC(NC(C)=O)C(=O)NCc1ccc(N)cc1.CC. The predicted molar refractivity (Wildman–Crippen MR) is 91.3 cm³/mol. The van der Waals surface area contributed by atoms with Gasteiger partial charge in [-0.05, 0) is 17.7 Å². The van der Waals surface area contributed by atoms with Gasteiger partial charge >= 0.3 is 0 Å². The van der Waals surface area contributed by atoms with Gasteiger partial charge in [0.05, 0.1) is 6.61 Å². The standard InChI is InChI=1S/C15H19N3O3.C2H6/c1-3-8-21-10-14(18-11(2)19)15(20)17-9-12-4-6-13(16)7-5-12;1-2/h1,4-7,14H,8-10,16H2,2H3,(H,17,20)(H,18,19);1-2H3. The van der Waals surface area contributed by atoms with Crippen molar-refractivity contribution in [1.29, 1.82) is 0 Å². The number of anilines is 1. The number of carbonyl (C=O) groups excluding carboxylic acids is 2. The molecule has 0 aliphatic rings. The molecule has 0 fully saturated rings. The first-order chi connectivity index (χ1) is 11.0. The van der Waals surface area contributed by atoms with E-state index in [4.69, 9.17) is 16.9 Å². The lowest BCUT2D eigenvalue weighted by atomic mass is 10.2. The number of nitrogens with one attached hydrogen (secondary N) is 2. The minimum absolute atomic E-state index is 0.0251. The minimum Gasteiger partial charge on any atom is -0.399 e. The van der Waals surface area contributed by atoms with Gasteiger partial charge in [-0.3, -0.25) is 9.59 Å². The molecule has 0 spiro atoms. The average Bonchev–Trinajstić information content (AvgIpc) is 2.55. The second-order valence-electron chi connectivity index (χ2n) is 4.43. The maximum Gasteiger partial charge on any atom is 0.245 e. The van der Waals surface area contributed by atoms with Gasteiger partial charge in [0, 0.05) is 19.2 Å². The van der Waals surface area contributed by atoms with Crippen LogP contribution >= 0.6 is 0 Å². The Morgan fingerprint density at radius 3 is 2.43 bits per heavy atom. The van der Waals surface area contributed by atoms with Crippen LogP contribution in [0.4, 0.5) is 5.69 Å². The van der Waals surface area contributed by atoms with E-state index in [9.17, 15) is 9.59 Å². The number of benzene rings is 1. The van der Waals surface area contributed by atoms with Gasteiger partial charge in [-0.2, -0.15) is 0 Å². The van der Waals surface area contributed by atoms with Crippen LogP contribution in [0.15, 0.2) is 24.3 Å². The van der Waals surface area contributed by atoms with E-state index in [1.165, 1.54) is 6.92 Å². The second kappa shape index (κ2) is 12.1. The summed E-state index contributed by atoms with van der Waals surface area (Å²) in [5.74, 6) is 1.65. The summed E-state index contributed by atoms with van der Waals surface area (Å²) in [6.07, 6.45) is 5.07. The van der Waals surface area contributed by atoms with Crippen LogP contribution in [0.5, 0.6) is 0 Å². The summed E-state index contributed by atoms with van der Waals surface area (Å²) in [4.78, 5) is 23.1. The Morgan fingerprint density at radius 2 is 1.91 bits per heavy atom. The van der Waals surface area contributed by atoms with Crippen LogP contribution in [0.25, 0.3) is 0 Å². The number of nitrogen functional groups attached to an aromatic ring is 1. The Hall–Kier alpha value is -2.52. The van der Waals surface area contributed by atoms with Crippen LogP contribution in [-0.2, 0) is 20.9 Å². The van der Waals surface area contributed by atoms with Gasteiger partial charge in [-0.1, -0.05) is 31.9 Å². The molecule has 0 radical (unpaired) electrons. The van der Waals surface area contributed by atoms with Crippen molar-refractivity contribution < 1.29 is 14.3 Å². The van der Waals surface area contributed by atoms with Gasteiger partial charge in [-0.15, -0.1) is 6.42 Å². The molecule has 6 heteroatoms. The highest BCUT2D eigenvalue weighted by Crippen LogP contribution is 2.05. The molecule has 126 valence electrons. The van der Waals surface area contributed by atoms with E-state index in [1.54, 1.807) is 12.1 Å². The smallest absolute Gasteiger partial charge is 0.245 e. The summed E-state index contributed by atoms with van der Waals surface area (Å²) < 4.78 is 5.11. The van der Waals surface area contributed by atoms with Crippen molar-refractivity contribution >= 4 is 17.5 Å². The van der Waals surface area contributed by atoms with Crippen LogP contribution < -0.4 is 16.4 Å². The maximum atomic E-state index is 12.0. The third-order valence-electron chi connectivity index (χ3n) is 2.61. The molecule has 23 heavy (non-hydrogen) atoms. The first-order valence-corrected chi connectivity index (χ1v) is 7.43. The molecule has 1 atom stereocenters. The molecule has 0 saturated heterocycles. The lowest BCUT2D eigenvalue weighted by Gasteiger charge is -2.17. The number of nitrogens with two attached hydrogens (primary N) is 1. The molecule has 0 aromatic heterocycles. The van der Waals surface area contributed by atoms with E-state index in [0.717, 1.165) is 5.56 Å². The van der Waals surface area contributed by atoms with E-state index >= 15 is 0 Å². The molecule has 0 bridgehead atoms. The first-order valence-electron chi connectivity index (χ1n) is 7.43. The number of hydrogen-bond donors (Lipinski definition) is 3. The topological polar surface area (TPSA) is 93.4 Å². The lowest BCUT2D eigenvalue weighted by molar-refractivity contribution is -0.129. The van der Waals surface area contributed by atoms with Crippen molar-refractivity contribution in [2.24, 2.45) is 0 Å². The van der Waals surface area contributed by atoms with Gasteiger partial charge in [-0.25, -0.2) is 0 Å². The van der Waals surface area contributed by atoms with Crippen molar-refractivity contribution in [1.82, 2.24) is 10.6 Å². The molecule has 1 aromatic rings. The lowest BCUT2D eigenvalue weighted by Crippen LogP contribution is -2.48. The summed E-state index contributed by atoms with van der Waals surface area (Å²) in [6, 6.07) is 6.37. The summed E-state index contributed by atoms with van der Waals surface area (Å²) >= 11 is 0. The highest BCUT2D eigenvalue weighted by atomic mass is 16.5. The van der Waals surface area contributed by atoms with Crippen molar-refractivity contribution in [3.8, 4) is 12.3 Å². The molecule has 2 amide bonds. The zero-order valence-corrected chi connectivity index (χ0v) is 13.9. The number of terminal acetylenes is 1. The van der Waals surface area contributed by atoms with Gasteiger partial charge in [0.2, 0.25) is 11.8 Å². The fourth-order valence-corrected chi connectivity index (χ4v) is 1.61. The molecule has 1 aromatic carbocycles. The fraction of sp³-hybridized carbons (Fsp3) is 0.412. The number of amides is 2. The van der Waals surface area contributed by atoms with E-state index in [1.807, 2.05) is 26.0 Å². The van der Waals surface area contributed by atoms with E-state index in [2.05, 4.69) is 16.6 Å². The Balaban J connectivity index is 0.00000232. The summed E-state index contributed by atoms with van der Waals surface area (Å²) in [6.45, 7) is 5.78. The zero-order valence-electron chi connectivity index (χ0n) is 13.9. The maximum absolute atomic E-state index is 12.0. The van der Waals surface area contributed by atoms with Gasteiger partial charge in [0.25, 0.3) is 0 Å². The van der Waals surface area contributed by atoms with Crippen LogP contribution in [0.3, 0.4) is 0 Å². The van der Waals surface area contributed by atoms with Crippen LogP contribution in [-0.4, -0.2) is 31.1 Å². The number of ether oxygens (including phenoxy) is 1. The van der Waals surface area contributed by atoms with Crippen LogP contribution in [0, 0.1) is 12.3 Å². The van der Waals surface area contributed by atoms with Gasteiger partial charge in [0.15, 0.2) is 0 Å². The Labute approximate surface area is 137 Å². The Kier molecular flexibility index (Phi) is 10.7. The van der Waals surface area contributed by atoms with Crippen molar-refractivity contribution in [3.63, 3.8) is 0 Å². The predicted octanol–water partition coefficient (Wildman–Crippen LogP) is 1.07. The van der Waals surface area contributed by atoms with Gasteiger partial charge in [0.1, 0.15) is 12.6 Å². The summed E-state index contributed by atoms with van der Waals surface area (Å²) in [5, 5.41) is 5.24. The van der Waals surface area contributed by atoms with E-state index < -0.39 is 6.04 Å². The number of hydrogen-bond acceptors (Lipinski definition) is 4. The monoisotopic (exact) mass is 319 g/mol. The molecular formula is C17H25N3O3. The molecule has 1 rings (SSSR count). The molecule has 0 aliphatic carbocycles. The Morgan fingerprint density at radius 1 is 1.30 bits per heavy atom. The fourth-order valence-electron chi connectivity index (χ4n) is 1.61. The van der Waals surface area contributed by atoms with Crippen LogP contribution in [0.2, 0.25) is 0 Å². The quantitative estimate of drug-likeness (QED) is 0.398. The van der Waals surface area contributed by atoms with Crippen molar-refractivity contribution in [3.05, 3.63) is 29.8 Å². The molecule has 4 N–H and O–H groups in total. The number of carbonyl (C=O) groups is 2. The Bertz CT molecular complexity index is 521.